The van der Waals surface area contributed by atoms with Crippen LogP contribution in [-0.2, 0) is 4.79 Å². The van der Waals surface area contributed by atoms with E-state index in [1.807, 2.05) is 0 Å². The Morgan fingerprint density at radius 3 is 2.36 bits per heavy atom. The summed E-state index contributed by atoms with van der Waals surface area (Å²) in [5.41, 5.74) is 0. The third-order valence-electron chi connectivity index (χ3n) is 2.98. The lowest BCUT2D eigenvalue weighted by Crippen LogP contribution is -2.41. The van der Waals surface area contributed by atoms with Crippen LogP contribution in [0, 0.1) is 0 Å². The normalized spacial score (nSPS) is 17.6. The number of carbonyl (C=O) groups excluding carboxylic acids is 1. The molecule has 1 amide bonds. The summed E-state index contributed by atoms with van der Waals surface area (Å²) in [4.78, 5) is 13.7. The van der Waals surface area contributed by atoms with Gasteiger partial charge in [-0.05, 0) is 25.9 Å². The second kappa shape index (κ2) is 6.02. The van der Waals surface area contributed by atoms with E-state index >= 15 is 0 Å². The van der Waals surface area contributed by atoms with E-state index < -0.39 is 0 Å². The Balaban J connectivity index is 2.20. The van der Waals surface area contributed by atoms with Crippen molar-refractivity contribution in [2.45, 2.75) is 45.6 Å². The van der Waals surface area contributed by atoms with Crippen molar-refractivity contribution in [3.63, 3.8) is 0 Å². The minimum atomic E-state index is 0.195. The summed E-state index contributed by atoms with van der Waals surface area (Å²) in [5.74, 6) is 0.195. The van der Waals surface area contributed by atoms with Gasteiger partial charge in [0.05, 0.1) is 6.54 Å². The molecular formula is C11H22N2O. The Bertz CT molecular complexity index is 166. The second-order valence-corrected chi connectivity index (χ2v) is 4.01. The molecule has 0 bridgehead atoms. The molecule has 0 aromatic carbocycles. The van der Waals surface area contributed by atoms with Crippen LogP contribution in [0.1, 0.15) is 39.5 Å². The third-order valence-corrected chi connectivity index (χ3v) is 2.98. The zero-order chi connectivity index (χ0) is 10.4. The predicted octanol–water partition coefficient (Wildman–Crippen LogP) is 1.39. The molecular weight excluding hydrogens is 176 g/mol. The van der Waals surface area contributed by atoms with Gasteiger partial charge in [0.15, 0.2) is 0 Å². The Labute approximate surface area is 86.9 Å². The molecule has 0 radical (unpaired) electrons. The quantitative estimate of drug-likeness (QED) is 0.724. The lowest BCUT2D eigenvalue weighted by molar-refractivity contribution is -0.122. The van der Waals surface area contributed by atoms with Gasteiger partial charge in [-0.25, -0.2) is 0 Å². The molecule has 0 atom stereocenters. The molecule has 0 aromatic heterocycles. The standard InChI is InChI=1S/C11H22N2O/c1-3-13(4-2)9-11(14)12-10-7-5-6-8-10/h10H,3-9H2,1-2H3,(H,12,14). The number of amides is 1. The number of hydrogen-bond acceptors (Lipinski definition) is 2. The van der Waals surface area contributed by atoms with Crippen LogP contribution in [0.25, 0.3) is 0 Å². The first-order valence-corrected chi connectivity index (χ1v) is 5.78. The molecule has 3 heteroatoms. The first-order chi connectivity index (χ1) is 6.76. The largest absolute Gasteiger partial charge is 0.352 e. The topological polar surface area (TPSA) is 32.3 Å². The smallest absolute Gasteiger partial charge is 0.234 e. The molecule has 1 fully saturated rings. The van der Waals surface area contributed by atoms with Crippen molar-refractivity contribution in [3.05, 3.63) is 0 Å². The van der Waals surface area contributed by atoms with E-state index in [1.54, 1.807) is 0 Å². The van der Waals surface area contributed by atoms with Crippen molar-refractivity contribution >= 4 is 5.91 Å². The Kier molecular flexibility index (Phi) is 4.94. The van der Waals surface area contributed by atoms with Crippen LogP contribution < -0.4 is 5.32 Å². The summed E-state index contributed by atoms with van der Waals surface area (Å²) in [6, 6.07) is 0.457. The first-order valence-electron chi connectivity index (χ1n) is 5.78. The van der Waals surface area contributed by atoms with E-state index in [0.717, 1.165) is 13.1 Å². The summed E-state index contributed by atoms with van der Waals surface area (Å²) in [6.07, 6.45) is 4.89. The second-order valence-electron chi connectivity index (χ2n) is 4.01. The number of rotatable bonds is 5. The highest BCUT2D eigenvalue weighted by atomic mass is 16.2. The summed E-state index contributed by atoms with van der Waals surface area (Å²) in [6.45, 7) is 6.64. The molecule has 0 spiro atoms. The minimum absolute atomic E-state index is 0.195. The lowest BCUT2D eigenvalue weighted by atomic mass is 10.2. The SMILES string of the molecule is CCN(CC)CC(=O)NC1CCCC1. The maximum absolute atomic E-state index is 11.6. The molecule has 0 unspecified atom stereocenters. The molecule has 0 aromatic rings. The Morgan fingerprint density at radius 1 is 1.29 bits per heavy atom. The van der Waals surface area contributed by atoms with E-state index in [1.165, 1.54) is 25.7 Å². The van der Waals surface area contributed by atoms with Gasteiger partial charge in [-0.3, -0.25) is 9.69 Å². The average molecular weight is 198 g/mol. The van der Waals surface area contributed by atoms with Gasteiger partial charge in [0.25, 0.3) is 0 Å². The van der Waals surface area contributed by atoms with Crippen LogP contribution in [0.2, 0.25) is 0 Å². The van der Waals surface area contributed by atoms with Crippen molar-refractivity contribution < 1.29 is 4.79 Å². The Hall–Kier alpha value is -0.570. The van der Waals surface area contributed by atoms with Crippen molar-refractivity contribution in [2.24, 2.45) is 0 Å². The van der Waals surface area contributed by atoms with E-state index in [0.29, 0.717) is 12.6 Å². The van der Waals surface area contributed by atoms with Gasteiger partial charge >= 0.3 is 0 Å². The van der Waals surface area contributed by atoms with Crippen LogP contribution in [-0.4, -0.2) is 36.5 Å². The average Bonchev–Trinajstić information content (AvgIpc) is 2.66. The van der Waals surface area contributed by atoms with Crippen molar-refractivity contribution in [3.8, 4) is 0 Å². The lowest BCUT2D eigenvalue weighted by Gasteiger charge is -2.19. The highest BCUT2D eigenvalue weighted by Gasteiger charge is 2.17. The number of carbonyl (C=O) groups is 1. The van der Waals surface area contributed by atoms with Crippen LogP contribution in [0.4, 0.5) is 0 Å². The molecule has 1 aliphatic rings. The molecule has 1 saturated carbocycles. The molecule has 1 N–H and O–H groups in total. The van der Waals surface area contributed by atoms with Gasteiger partial charge in [0, 0.05) is 6.04 Å². The van der Waals surface area contributed by atoms with Gasteiger partial charge in [-0.15, -0.1) is 0 Å². The van der Waals surface area contributed by atoms with Crippen LogP contribution in [0.15, 0.2) is 0 Å². The van der Waals surface area contributed by atoms with Gasteiger partial charge < -0.3 is 5.32 Å². The fourth-order valence-corrected chi connectivity index (χ4v) is 1.99. The monoisotopic (exact) mass is 198 g/mol. The summed E-state index contributed by atoms with van der Waals surface area (Å²) in [7, 11) is 0. The van der Waals surface area contributed by atoms with Crippen LogP contribution in [0.3, 0.4) is 0 Å². The number of likely N-dealkylation sites (N-methyl/N-ethyl adjacent to an activating group) is 1. The van der Waals surface area contributed by atoms with Gasteiger partial charge in [0.2, 0.25) is 5.91 Å². The summed E-state index contributed by atoms with van der Waals surface area (Å²) < 4.78 is 0. The van der Waals surface area contributed by atoms with Crippen LogP contribution >= 0.6 is 0 Å². The highest BCUT2D eigenvalue weighted by Crippen LogP contribution is 2.17. The molecule has 82 valence electrons. The predicted molar refractivity (Wildman–Crippen MR) is 58.2 cm³/mol. The van der Waals surface area contributed by atoms with Crippen molar-refractivity contribution in [1.29, 1.82) is 0 Å². The van der Waals surface area contributed by atoms with Gasteiger partial charge in [-0.2, -0.15) is 0 Å². The molecule has 1 aliphatic carbocycles. The Morgan fingerprint density at radius 2 is 1.86 bits per heavy atom. The molecule has 14 heavy (non-hydrogen) atoms. The zero-order valence-corrected chi connectivity index (χ0v) is 9.38. The first kappa shape index (κ1) is 11.5. The maximum atomic E-state index is 11.6. The van der Waals surface area contributed by atoms with Crippen molar-refractivity contribution in [1.82, 2.24) is 10.2 Å². The number of nitrogens with one attached hydrogen (secondary N) is 1. The summed E-state index contributed by atoms with van der Waals surface area (Å²) in [5, 5.41) is 3.10. The molecule has 0 saturated heterocycles. The van der Waals surface area contributed by atoms with Gasteiger partial charge in [0.1, 0.15) is 0 Å². The molecule has 0 heterocycles. The molecule has 3 nitrogen and oxygen atoms in total. The van der Waals surface area contributed by atoms with E-state index in [4.69, 9.17) is 0 Å². The van der Waals surface area contributed by atoms with E-state index in [-0.39, 0.29) is 5.91 Å². The van der Waals surface area contributed by atoms with Gasteiger partial charge in [-0.1, -0.05) is 26.7 Å². The molecule has 0 aliphatic heterocycles. The minimum Gasteiger partial charge on any atom is -0.352 e. The fourth-order valence-electron chi connectivity index (χ4n) is 1.99. The summed E-state index contributed by atoms with van der Waals surface area (Å²) >= 11 is 0. The fraction of sp³-hybridized carbons (Fsp3) is 0.909. The zero-order valence-electron chi connectivity index (χ0n) is 9.38. The van der Waals surface area contributed by atoms with Crippen molar-refractivity contribution in [2.75, 3.05) is 19.6 Å². The molecule has 1 rings (SSSR count). The highest BCUT2D eigenvalue weighted by molar-refractivity contribution is 5.78. The van der Waals surface area contributed by atoms with Crippen LogP contribution in [0.5, 0.6) is 0 Å². The maximum Gasteiger partial charge on any atom is 0.234 e. The third kappa shape index (κ3) is 3.66. The van der Waals surface area contributed by atoms with E-state index in [2.05, 4.69) is 24.1 Å². The number of nitrogens with zero attached hydrogens (tertiary/aromatic N) is 1. The van der Waals surface area contributed by atoms with E-state index in [9.17, 15) is 4.79 Å². The number of hydrogen-bond donors (Lipinski definition) is 1.